The number of carbonyl (C=O) groups is 3. The fourth-order valence-electron chi connectivity index (χ4n) is 9.94. The van der Waals surface area contributed by atoms with Gasteiger partial charge in [0.2, 0.25) is 18.0 Å². The summed E-state index contributed by atoms with van der Waals surface area (Å²) in [7, 11) is 2.89. The van der Waals surface area contributed by atoms with Gasteiger partial charge in [-0.25, -0.2) is 18.7 Å². The van der Waals surface area contributed by atoms with Gasteiger partial charge in [-0.3, -0.25) is 19.0 Å². The van der Waals surface area contributed by atoms with Gasteiger partial charge in [-0.05, 0) is 120 Å². The van der Waals surface area contributed by atoms with E-state index in [4.69, 9.17) is 19.3 Å². The fourth-order valence-corrected chi connectivity index (χ4v) is 11.1. The molecule has 7 heterocycles. The molecule has 3 fully saturated rings. The topological polar surface area (TPSA) is 160 Å². The molecule has 4 aliphatic rings. The van der Waals surface area contributed by atoms with Gasteiger partial charge in [0, 0.05) is 54.1 Å². The number of aromatic nitrogens is 5. The maximum absolute atomic E-state index is 16.8. The van der Waals surface area contributed by atoms with Crippen LogP contribution in [0.4, 0.5) is 8.78 Å². The minimum atomic E-state index is -1.77. The monoisotopic (exact) mass is 976 g/mol. The van der Waals surface area contributed by atoms with Crippen molar-refractivity contribution >= 4 is 40.5 Å². The van der Waals surface area contributed by atoms with Crippen LogP contribution in [0.15, 0.2) is 60.9 Å². The molecule has 0 radical (unpaired) electrons. The Morgan fingerprint density at radius 3 is 2.44 bits per heavy atom. The van der Waals surface area contributed by atoms with Crippen molar-refractivity contribution in [2.45, 2.75) is 109 Å². The predicted molar refractivity (Wildman–Crippen MR) is 266 cm³/mol. The van der Waals surface area contributed by atoms with Gasteiger partial charge in [0.25, 0.3) is 6.47 Å². The number of thiophene rings is 1. The van der Waals surface area contributed by atoms with Crippen LogP contribution in [0.3, 0.4) is 0 Å². The van der Waals surface area contributed by atoms with Gasteiger partial charge < -0.3 is 39.3 Å². The van der Waals surface area contributed by atoms with Gasteiger partial charge in [-0.15, -0.1) is 24.2 Å². The molecule has 4 aromatic heterocycles. The molecule has 10 rings (SSSR count). The van der Waals surface area contributed by atoms with E-state index in [1.165, 1.54) is 44.7 Å². The Hall–Kier alpha value is -6.35. The number of H-pyrrole nitrogens is 2. The van der Waals surface area contributed by atoms with Crippen LogP contribution in [0.5, 0.6) is 5.75 Å². The van der Waals surface area contributed by atoms with Crippen LogP contribution in [-0.4, -0.2) is 105 Å². The number of aromatic amines is 2. The van der Waals surface area contributed by atoms with Crippen molar-refractivity contribution in [3.63, 3.8) is 0 Å². The average molecular weight is 977 g/mol. The van der Waals surface area contributed by atoms with Gasteiger partial charge in [0.05, 0.1) is 65.1 Å². The van der Waals surface area contributed by atoms with Crippen molar-refractivity contribution in [3.8, 4) is 52.4 Å². The first-order valence-electron chi connectivity index (χ1n) is 24.1. The van der Waals surface area contributed by atoms with Crippen LogP contribution in [-0.2, 0) is 30.4 Å². The van der Waals surface area contributed by atoms with Crippen LogP contribution in [0.25, 0.3) is 44.7 Å². The average Bonchev–Trinajstić information content (AvgIpc) is 3.94. The van der Waals surface area contributed by atoms with Crippen molar-refractivity contribution < 1.29 is 37.4 Å². The van der Waals surface area contributed by atoms with Crippen molar-refractivity contribution in [2.24, 2.45) is 5.92 Å². The third-order valence-electron chi connectivity index (χ3n) is 13.5. The van der Waals surface area contributed by atoms with Gasteiger partial charge >= 0.3 is 0 Å². The summed E-state index contributed by atoms with van der Waals surface area (Å²) in [5, 5.41) is 3.77. The number of carbonyl (C=O) groups excluding carboxylic acids is 3. The van der Waals surface area contributed by atoms with Crippen LogP contribution >= 0.6 is 11.3 Å². The summed E-state index contributed by atoms with van der Waals surface area (Å²) in [4.78, 5) is 58.1. The number of hydrogen-bond donors (Lipinski definition) is 3. The van der Waals surface area contributed by atoms with Crippen molar-refractivity contribution in [3.05, 3.63) is 88.1 Å². The molecule has 2 aromatic carbocycles. The zero-order chi connectivity index (χ0) is 49.7. The number of alkyl halides is 1. The molecule has 1 aliphatic carbocycles. The largest absolute Gasteiger partial charge is 0.471 e. The number of ether oxygens (including phenoxy) is 3. The Labute approximate surface area is 411 Å². The van der Waals surface area contributed by atoms with Gasteiger partial charge in [0.15, 0.2) is 0 Å². The zero-order valence-electron chi connectivity index (χ0n) is 40.4. The van der Waals surface area contributed by atoms with E-state index < -0.39 is 23.8 Å². The van der Waals surface area contributed by atoms with Gasteiger partial charge in [-0.1, -0.05) is 13.0 Å². The molecule has 14 nitrogen and oxygen atoms in total. The maximum Gasteiger partial charge on any atom is 0.292 e. The summed E-state index contributed by atoms with van der Waals surface area (Å²) in [6, 6.07) is 14.9. The Morgan fingerprint density at radius 2 is 1.74 bits per heavy atom. The molecule has 2 saturated heterocycles. The summed E-state index contributed by atoms with van der Waals surface area (Å²) in [5.74, 6) is 2.07. The number of halogens is 2. The molecular weight excluding hydrogens is 915 g/mol. The van der Waals surface area contributed by atoms with Crippen LogP contribution in [0.2, 0.25) is 0 Å². The molecule has 0 bridgehead atoms. The second-order valence-electron chi connectivity index (χ2n) is 18.8. The highest BCUT2D eigenvalue weighted by atomic mass is 32.1. The number of methoxy groups -OCH3 is 1. The lowest BCUT2D eigenvalue weighted by atomic mass is 9.96. The van der Waals surface area contributed by atoms with Crippen molar-refractivity contribution in [1.29, 1.82) is 0 Å². The summed E-state index contributed by atoms with van der Waals surface area (Å²) in [5.41, 5.74) is 3.16. The first-order chi connectivity index (χ1) is 33.9. The Balaban J connectivity index is 0.00000105. The normalized spacial score (nSPS) is 18.1. The molecule has 17 heteroatoms. The first-order valence-corrected chi connectivity index (χ1v) is 24.9. The molecule has 2 amide bonds. The minimum Gasteiger partial charge on any atom is -0.471 e. The number of nitrogens with zero attached hydrogens (tertiary/aromatic N) is 5. The standard InChI is InChI=1S/C49H56F2N8O4S.C2H4O2.C2H2/c1-5-16-57(47(61)45(52-4)49(2,3)51)27-42-53-25-35(55-42)31-22-33(50)44-38-23-32-21-30(10-11-36(32)59(38)48(63-39(44)24-31)41-13-12-40(64-41)29-8-9-29)34-26-54-46(56-34)37-7-6-17-58(37)43(60)20-28-14-18-62-19-15-28;1-4-2-3;1-2/h10-13,21-26,28-29,37,45,48,52H,5-9,14-20,27H2,1-4H3,(H,53,55)(H,54,56);2H,1H3;1-2H. The van der Waals surface area contributed by atoms with E-state index in [1.54, 1.807) is 29.5 Å². The van der Waals surface area contributed by atoms with Crippen molar-refractivity contribution in [1.82, 2.24) is 39.6 Å². The second kappa shape index (κ2) is 21.7. The van der Waals surface area contributed by atoms with E-state index in [0.717, 1.165) is 78.3 Å². The minimum absolute atomic E-state index is 0.0836. The van der Waals surface area contributed by atoms with E-state index >= 15 is 4.39 Å². The molecule has 3 unspecified atom stereocenters. The highest BCUT2D eigenvalue weighted by Crippen LogP contribution is 2.50. The number of likely N-dealkylation sites (tertiary alicyclic amines) is 1. The van der Waals surface area contributed by atoms with E-state index in [-0.39, 0.29) is 24.4 Å². The summed E-state index contributed by atoms with van der Waals surface area (Å²) >= 11 is 1.75. The molecule has 6 aromatic rings. The van der Waals surface area contributed by atoms with E-state index in [9.17, 15) is 14.0 Å². The molecule has 0 spiro atoms. The number of fused-ring (bicyclic) bond motifs is 5. The van der Waals surface area contributed by atoms with E-state index in [2.05, 4.69) is 72.8 Å². The number of rotatable bonds is 15. The summed E-state index contributed by atoms with van der Waals surface area (Å²) < 4.78 is 50.1. The number of terminal acetylenes is 1. The number of nitrogens with one attached hydrogen (secondary N) is 3. The lowest BCUT2D eigenvalue weighted by Crippen LogP contribution is -2.54. The summed E-state index contributed by atoms with van der Waals surface area (Å²) in [6.45, 7) is 7.88. The van der Waals surface area contributed by atoms with Crippen molar-refractivity contribution in [2.75, 3.05) is 40.5 Å². The maximum atomic E-state index is 16.8. The van der Waals surface area contributed by atoms with Gasteiger partial charge in [-0.2, -0.15) is 0 Å². The lowest BCUT2D eigenvalue weighted by Gasteiger charge is -2.31. The zero-order valence-corrected chi connectivity index (χ0v) is 41.3. The van der Waals surface area contributed by atoms with Crippen LogP contribution < -0.4 is 10.1 Å². The Morgan fingerprint density at radius 1 is 1.01 bits per heavy atom. The highest BCUT2D eigenvalue weighted by Gasteiger charge is 2.38. The van der Waals surface area contributed by atoms with Crippen LogP contribution in [0, 0.1) is 24.6 Å². The first kappa shape index (κ1) is 50.1. The third-order valence-corrected chi connectivity index (χ3v) is 14.8. The van der Waals surface area contributed by atoms with E-state index in [0.29, 0.717) is 71.8 Å². The Kier molecular flexibility index (Phi) is 15.5. The number of amides is 2. The smallest absolute Gasteiger partial charge is 0.292 e. The molecule has 3 N–H and O–H groups in total. The molecule has 3 atom stereocenters. The number of imidazole rings is 2. The third kappa shape index (κ3) is 10.5. The van der Waals surface area contributed by atoms with Crippen LogP contribution in [0.1, 0.15) is 112 Å². The molecular formula is C53H62F2N8O6S. The van der Waals surface area contributed by atoms with E-state index in [1.807, 2.05) is 30.2 Å². The quantitative estimate of drug-likeness (QED) is 0.0673. The molecule has 70 heavy (non-hydrogen) atoms. The second-order valence-corrected chi connectivity index (χ2v) is 19.9. The number of hydrogen-bond acceptors (Lipinski definition) is 10. The Bertz CT molecular complexity index is 2810. The number of benzene rings is 2. The fraction of sp³-hybridized carbons (Fsp3) is 0.453. The lowest BCUT2D eigenvalue weighted by molar-refractivity contribution is -0.137. The predicted octanol–water partition coefficient (Wildman–Crippen LogP) is 9.70. The molecule has 1 saturated carbocycles. The number of likely N-dealkylation sites (N-methyl/N-ethyl adjacent to an activating group) is 1. The molecule has 3 aliphatic heterocycles. The SMILES string of the molecule is C#C.CCCN(Cc1ncc(-c2cc(F)c3c(c2)OC(c2ccc(C4CC4)s2)n2c-3cc3cc(-c4cnc(C5CCCN5C(=O)CC5CCOCC5)[nH]4)ccc32)[nH]1)C(=O)C(NC)C(C)(C)F.COC=O. The summed E-state index contributed by atoms with van der Waals surface area (Å²) in [6.07, 6.45) is 18.2. The molecule has 370 valence electrons. The van der Waals surface area contributed by atoms with Gasteiger partial charge in [0.1, 0.15) is 34.9 Å². The highest BCUT2D eigenvalue weighted by molar-refractivity contribution is 7.12.